The zero-order valence-electron chi connectivity index (χ0n) is 18.3. The fourth-order valence-corrected chi connectivity index (χ4v) is 4.83. The molecule has 1 atom stereocenters. The summed E-state index contributed by atoms with van der Waals surface area (Å²) in [6.07, 6.45) is 5.75. The minimum absolute atomic E-state index is 0.118. The van der Waals surface area contributed by atoms with E-state index in [4.69, 9.17) is 9.84 Å². The van der Waals surface area contributed by atoms with Crippen molar-refractivity contribution in [2.75, 3.05) is 42.6 Å². The number of morpholine rings is 1. The third kappa shape index (κ3) is 3.80. The molecule has 3 aromatic heterocycles. The predicted octanol–water partition coefficient (Wildman–Crippen LogP) is 4.11. The van der Waals surface area contributed by atoms with E-state index in [1.165, 1.54) is 6.07 Å². The second-order valence-corrected chi connectivity index (χ2v) is 8.52. The number of hydrogen-bond donors (Lipinski definition) is 0. The minimum atomic E-state index is -0.201. The topological polar surface area (TPSA) is 58.8 Å². The summed E-state index contributed by atoms with van der Waals surface area (Å²) in [5.74, 6) is 1.62. The predicted molar refractivity (Wildman–Crippen MR) is 125 cm³/mol. The van der Waals surface area contributed by atoms with Gasteiger partial charge in [0.2, 0.25) is 0 Å². The van der Waals surface area contributed by atoms with E-state index in [1.54, 1.807) is 12.1 Å². The number of hydrogen-bond acceptors (Lipinski definition) is 6. The van der Waals surface area contributed by atoms with E-state index in [1.807, 2.05) is 41.2 Å². The molecule has 0 saturated carbocycles. The summed E-state index contributed by atoms with van der Waals surface area (Å²) < 4.78 is 21.2. The van der Waals surface area contributed by atoms with Gasteiger partial charge in [-0.1, -0.05) is 12.1 Å². The van der Waals surface area contributed by atoms with Crippen LogP contribution in [0.4, 0.5) is 16.0 Å². The van der Waals surface area contributed by atoms with Crippen LogP contribution in [0, 0.1) is 5.82 Å². The highest BCUT2D eigenvalue weighted by Gasteiger charge is 2.28. The van der Waals surface area contributed by atoms with Crippen molar-refractivity contribution in [1.82, 2.24) is 19.6 Å². The molecule has 0 N–H and O–H groups in total. The minimum Gasteiger partial charge on any atom is -0.378 e. The van der Waals surface area contributed by atoms with Gasteiger partial charge in [0, 0.05) is 31.4 Å². The number of aromatic nitrogens is 4. The molecule has 2 aliphatic rings. The lowest BCUT2D eigenvalue weighted by Gasteiger charge is -2.27. The molecule has 5 heterocycles. The van der Waals surface area contributed by atoms with Crippen molar-refractivity contribution in [3.8, 4) is 11.3 Å². The lowest BCUT2D eigenvalue weighted by atomic mass is 10.0. The quantitative estimate of drug-likeness (QED) is 0.472. The van der Waals surface area contributed by atoms with Crippen LogP contribution >= 0.6 is 0 Å². The number of anilines is 2. The number of imidazole rings is 1. The molecule has 2 aliphatic heterocycles. The van der Waals surface area contributed by atoms with E-state index in [9.17, 15) is 4.39 Å². The van der Waals surface area contributed by atoms with Crippen LogP contribution in [0.3, 0.4) is 0 Å². The Morgan fingerprint density at radius 3 is 2.61 bits per heavy atom. The average molecular weight is 445 g/mol. The normalized spacial score (nSPS) is 18.9. The number of benzene rings is 1. The molecule has 2 saturated heterocycles. The van der Waals surface area contributed by atoms with Crippen LogP contribution < -0.4 is 9.80 Å². The van der Waals surface area contributed by atoms with Crippen molar-refractivity contribution >= 4 is 17.3 Å². The van der Waals surface area contributed by atoms with Crippen molar-refractivity contribution in [2.45, 2.75) is 18.9 Å². The Balaban J connectivity index is 1.32. The number of ether oxygens (including phenoxy) is 1. The number of nitrogens with zero attached hydrogens (tertiary/aromatic N) is 6. The molecule has 0 bridgehead atoms. The van der Waals surface area contributed by atoms with Gasteiger partial charge in [0.05, 0.1) is 31.1 Å². The standard InChI is InChI=1S/C25H25FN6O/c26-20-4-1-3-18(15-20)21-5-2-10-31(21)25-9-8-24-28-17-22(32(24)29-25)19-6-7-23(27-16-19)30-11-13-33-14-12-30/h1,3-4,6-9,15-17,21H,2,5,10-14H2. The van der Waals surface area contributed by atoms with E-state index < -0.39 is 0 Å². The Bertz CT molecular complexity index is 1270. The number of rotatable bonds is 4. The third-order valence-electron chi connectivity index (χ3n) is 6.51. The fourth-order valence-electron chi connectivity index (χ4n) is 4.83. The van der Waals surface area contributed by atoms with Crippen molar-refractivity contribution in [2.24, 2.45) is 0 Å². The van der Waals surface area contributed by atoms with Crippen LogP contribution in [0.15, 0.2) is 60.9 Å². The first kappa shape index (κ1) is 20.1. The fraction of sp³-hybridized carbons (Fsp3) is 0.320. The van der Waals surface area contributed by atoms with Gasteiger partial charge < -0.3 is 14.5 Å². The summed E-state index contributed by atoms with van der Waals surface area (Å²) in [7, 11) is 0. The second-order valence-electron chi connectivity index (χ2n) is 8.52. The number of fused-ring (bicyclic) bond motifs is 1. The van der Waals surface area contributed by atoms with Crippen molar-refractivity contribution in [1.29, 1.82) is 0 Å². The Hall–Kier alpha value is -3.52. The van der Waals surface area contributed by atoms with Crippen LogP contribution in [-0.4, -0.2) is 52.4 Å². The van der Waals surface area contributed by atoms with Crippen molar-refractivity contribution in [3.63, 3.8) is 0 Å². The highest BCUT2D eigenvalue weighted by atomic mass is 19.1. The Morgan fingerprint density at radius 2 is 1.79 bits per heavy atom. The Kier molecular flexibility index (Phi) is 5.14. The smallest absolute Gasteiger partial charge is 0.154 e. The molecule has 0 radical (unpaired) electrons. The molecule has 7 nitrogen and oxygen atoms in total. The van der Waals surface area contributed by atoms with Crippen LogP contribution in [-0.2, 0) is 4.74 Å². The lowest BCUT2D eigenvalue weighted by Crippen LogP contribution is -2.36. The largest absolute Gasteiger partial charge is 0.378 e. The van der Waals surface area contributed by atoms with Crippen LogP contribution in [0.1, 0.15) is 24.4 Å². The highest BCUT2D eigenvalue weighted by Crippen LogP contribution is 2.35. The molecule has 1 unspecified atom stereocenters. The zero-order valence-corrected chi connectivity index (χ0v) is 18.3. The Labute approximate surface area is 191 Å². The van der Waals surface area contributed by atoms with Crippen molar-refractivity contribution in [3.05, 3.63) is 72.3 Å². The number of halogens is 1. The molecule has 168 valence electrons. The third-order valence-corrected chi connectivity index (χ3v) is 6.51. The van der Waals surface area contributed by atoms with Crippen LogP contribution in [0.25, 0.3) is 16.9 Å². The summed E-state index contributed by atoms with van der Waals surface area (Å²) >= 11 is 0. The first-order chi connectivity index (χ1) is 16.3. The second kappa shape index (κ2) is 8.44. The van der Waals surface area contributed by atoms with Gasteiger partial charge in [-0.15, -0.1) is 5.10 Å². The summed E-state index contributed by atoms with van der Waals surface area (Å²) in [5, 5.41) is 4.94. The molecule has 6 rings (SSSR count). The van der Waals surface area contributed by atoms with E-state index in [2.05, 4.69) is 25.8 Å². The van der Waals surface area contributed by atoms with Gasteiger partial charge in [0.1, 0.15) is 17.5 Å². The summed E-state index contributed by atoms with van der Waals surface area (Å²) in [4.78, 5) is 13.7. The first-order valence-corrected chi connectivity index (χ1v) is 11.4. The molecule has 8 heteroatoms. The van der Waals surface area contributed by atoms with Gasteiger partial charge in [-0.25, -0.2) is 18.9 Å². The molecule has 0 spiro atoms. The maximum atomic E-state index is 13.8. The molecule has 0 aliphatic carbocycles. The molecular formula is C25H25FN6O. The monoisotopic (exact) mass is 444 g/mol. The molecule has 2 fully saturated rings. The first-order valence-electron chi connectivity index (χ1n) is 11.4. The average Bonchev–Trinajstić information content (AvgIpc) is 3.52. The summed E-state index contributed by atoms with van der Waals surface area (Å²) in [5.41, 5.74) is 3.64. The molecule has 4 aromatic rings. The zero-order chi connectivity index (χ0) is 22.2. The van der Waals surface area contributed by atoms with Crippen LogP contribution in [0.5, 0.6) is 0 Å². The van der Waals surface area contributed by atoms with Crippen molar-refractivity contribution < 1.29 is 9.13 Å². The summed E-state index contributed by atoms with van der Waals surface area (Å²) in [6, 6.07) is 15.1. The van der Waals surface area contributed by atoms with Crippen LogP contribution in [0.2, 0.25) is 0 Å². The summed E-state index contributed by atoms with van der Waals surface area (Å²) in [6.45, 7) is 4.07. The molecule has 1 aromatic carbocycles. The SMILES string of the molecule is Fc1cccc(C2CCCN2c2ccc3ncc(-c4ccc(N5CCOCC5)nc4)n3n2)c1. The van der Waals surface area contributed by atoms with E-state index in [0.717, 1.165) is 79.8 Å². The maximum absolute atomic E-state index is 13.8. The highest BCUT2D eigenvalue weighted by molar-refractivity contribution is 5.64. The van der Waals surface area contributed by atoms with E-state index >= 15 is 0 Å². The van der Waals surface area contributed by atoms with Gasteiger partial charge >= 0.3 is 0 Å². The molecule has 0 amide bonds. The lowest BCUT2D eigenvalue weighted by molar-refractivity contribution is 0.122. The maximum Gasteiger partial charge on any atom is 0.154 e. The van der Waals surface area contributed by atoms with E-state index in [0.29, 0.717) is 0 Å². The van der Waals surface area contributed by atoms with Gasteiger partial charge in [0.25, 0.3) is 0 Å². The van der Waals surface area contributed by atoms with E-state index in [-0.39, 0.29) is 11.9 Å². The van der Waals surface area contributed by atoms with Gasteiger partial charge in [-0.3, -0.25) is 0 Å². The molecular weight excluding hydrogens is 419 g/mol. The van der Waals surface area contributed by atoms with Gasteiger partial charge in [-0.2, -0.15) is 0 Å². The Morgan fingerprint density at radius 1 is 0.909 bits per heavy atom. The van der Waals surface area contributed by atoms with Gasteiger partial charge in [0.15, 0.2) is 5.65 Å². The number of pyridine rings is 1. The van der Waals surface area contributed by atoms with Gasteiger partial charge in [-0.05, 0) is 54.8 Å². The molecule has 33 heavy (non-hydrogen) atoms.